The molecule has 0 bridgehead atoms. The minimum absolute atomic E-state index is 0.376. The van der Waals surface area contributed by atoms with E-state index in [1.165, 1.54) is 11.3 Å². The van der Waals surface area contributed by atoms with Gasteiger partial charge >= 0.3 is 0 Å². The van der Waals surface area contributed by atoms with Crippen LogP contribution >= 0.6 is 11.3 Å². The molecule has 4 rings (SSSR count). The zero-order chi connectivity index (χ0) is 18.0. The molecular formula is C15H21N3O6S. The summed E-state index contributed by atoms with van der Waals surface area (Å²) in [5.74, 6) is -2.04. The van der Waals surface area contributed by atoms with Gasteiger partial charge in [-0.2, -0.15) is 0 Å². The van der Waals surface area contributed by atoms with Gasteiger partial charge in [-0.05, 0) is 34.6 Å². The second kappa shape index (κ2) is 5.66. The van der Waals surface area contributed by atoms with Crippen LogP contribution in [0.4, 0.5) is 5.13 Å². The monoisotopic (exact) mass is 371 g/mol. The molecule has 5 atom stereocenters. The largest absolute Gasteiger partial charge is 0.342 e. The van der Waals surface area contributed by atoms with Gasteiger partial charge in [0.1, 0.15) is 23.3 Å². The average molecular weight is 371 g/mol. The second-order valence-electron chi connectivity index (χ2n) is 7.21. The number of aromatic nitrogens is 2. The van der Waals surface area contributed by atoms with Crippen LogP contribution in [-0.2, 0) is 28.5 Å². The van der Waals surface area contributed by atoms with Gasteiger partial charge in [-0.25, -0.2) is 0 Å². The van der Waals surface area contributed by atoms with E-state index in [0.717, 1.165) is 5.01 Å². The summed E-state index contributed by atoms with van der Waals surface area (Å²) in [6.45, 7) is 9.00. The fourth-order valence-corrected chi connectivity index (χ4v) is 3.94. The topological polar surface area (TPSA) is 101 Å². The van der Waals surface area contributed by atoms with Crippen LogP contribution in [0, 0.1) is 6.92 Å². The highest BCUT2D eigenvalue weighted by Crippen LogP contribution is 2.44. The number of aryl methyl sites for hydroxylation is 1. The molecule has 1 amide bonds. The van der Waals surface area contributed by atoms with Gasteiger partial charge in [-0.1, -0.05) is 11.3 Å². The van der Waals surface area contributed by atoms with Gasteiger partial charge in [0.15, 0.2) is 24.0 Å². The fraction of sp³-hybridized carbons (Fsp3) is 0.800. The number of carbonyl (C=O) groups is 1. The third-order valence-corrected chi connectivity index (χ3v) is 4.92. The van der Waals surface area contributed by atoms with E-state index in [2.05, 4.69) is 15.5 Å². The van der Waals surface area contributed by atoms with E-state index in [1.54, 1.807) is 27.7 Å². The van der Waals surface area contributed by atoms with Gasteiger partial charge in [0, 0.05) is 0 Å². The molecule has 3 saturated heterocycles. The summed E-state index contributed by atoms with van der Waals surface area (Å²) in [6, 6.07) is 0. The van der Waals surface area contributed by atoms with Crippen molar-refractivity contribution < 1.29 is 28.5 Å². The summed E-state index contributed by atoms with van der Waals surface area (Å²) >= 11 is 1.29. The lowest BCUT2D eigenvalue weighted by atomic mass is 9.98. The summed E-state index contributed by atoms with van der Waals surface area (Å²) < 4.78 is 29.5. The second-order valence-corrected chi connectivity index (χ2v) is 8.39. The Balaban J connectivity index is 1.58. The number of ether oxygens (including phenoxy) is 5. The third-order valence-electron chi connectivity index (χ3n) is 4.17. The van der Waals surface area contributed by atoms with Gasteiger partial charge in [0.2, 0.25) is 5.13 Å². The molecule has 0 spiro atoms. The van der Waals surface area contributed by atoms with Gasteiger partial charge in [0.25, 0.3) is 5.91 Å². The minimum Gasteiger partial charge on any atom is -0.342 e. The van der Waals surface area contributed by atoms with Crippen LogP contribution in [0.25, 0.3) is 0 Å². The van der Waals surface area contributed by atoms with Crippen molar-refractivity contribution in [3.8, 4) is 0 Å². The Labute approximate surface area is 148 Å². The lowest BCUT2D eigenvalue weighted by Crippen LogP contribution is -2.58. The number of fused-ring (bicyclic) bond motifs is 3. The third kappa shape index (κ3) is 3.18. The Kier molecular flexibility index (Phi) is 3.91. The molecule has 25 heavy (non-hydrogen) atoms. The van der Waals surface area contributed by atoms with Gasteiger partial charge in [-0.15, -0.1) is 10.2 Å². The van der Waals surface area contributed by atoms with E-state index in [0.29, 0.717) is 5.13 Å². The summed E-state index contributed by atoms with van der Waals surface area (Å²) in [5.41, 5.74) is 0. The predicted molar refractivity (Wildman–Crippen MR) is 85.8 cm³/mol. The molecular weight excluding hydrogens is 350 g/mol. The molecule has 1 aromatic heterocycles. The molecule has 10 heteroatoms. The first kappa shape index (κ1) is 17.3. The Morgan fingerprint density at radius 2 is 1.64 bits per heavy atom. The molecule has 0 aromatic carbocycles. The Bertz CT molecular complexity index is 693. The van der Waals surface area contributed by atoms with Gasteiger partial charge in [0.05, 0.1) is 0 Å². The van der Waals surface area contributed by atoms with Crippen LogP contribution < -0.4 is 5.32 Å². The highest BCUT2D eigenvalue weighted by atomic mass is 32.1. The maximum Gasteiger partial charge on any atom is 0.258 e. The summed E-state index contributed by atoms with van der Waals surface area (Å²) in [5, 5.41) is 11.7. The highest BCUT2D eigenvalue weighted by Gasteiger charge is 2.62. The minimum atomic E-state index is -0.908. The van der Waals surface area contributed by atoms with E-state index < -0.39 is 42.3 Å². The van der Waals surface area contributed by atoms with E-state index in [4.69, 9.17) is 23.7 Å². The van der Waals surface area contributed by atoms with Crippen LogP contribution in [0.5, 0.6) is 0 Å². The number of carbonyl (C=O) groups excluding carboxylic acids is 1. The van der Waals surface area contributed by atoms with Crippen molar-refractivity contribution in [3.05, 3.63) is 5.01 Å². The van der Waals surface area contributed by atoms with E-state index in [9.17, 15) is 4.79 Å². The van der Waals surface area contributed by atoms with E-state index >= 15 is 0 Å². The molecule has 0 unspecified atom stereocenters. The molecule has 3 fully saturated rings. The fourth-order valence-electron chi connectivity index (χ4n) is 3.35. The summed E-state index contributed by atoms with van der Waals surface area (Å²) in [4.78, 5) is 12.8. The van der Waals surface area contributed by atoms with Crippen LogP contribution in [0.2, 0.25) is 0 Å². The molecule has 3 aliphatic rings. The van der Waals surface area contributed by atoms with Crippen LogP contribution in [0.15, 0.2) is 0 Å². The average Bonchev–Trinajstić information content (AvgIpc) is 3.11. The van der Waals surface area contributed by atoms with Gasteiger partial charge in [-0.3, -0.25) is 10.1 Å². The quantitative estimate of drug-likeness (QED) is 0.827. The molecule has 3 aliphatic heterocycles. The van der Waals surface area contributed by atoms with Crippen molar-refractivity contribution in [1.29, 1.82) is 0 Å². The molecule has 0 saturated carbocycles. The first-order chi connectivity index (χ1) is 11.6. The Morgan fingerprint density at radius 3 is 2.32 bits per heavy atom. The molecule has 4 heterocycles. The lowest BCUT2D eigenvalue weighted by Gasteiger charge is -2.36. The SMILES string of the molecule is Cc1nnc(NC(=O)[C@@H]2O[C@@H]3OC(C)(C)O[C@@H]3[C@@H]3OC(C)(C)O[C@H]32)s1. The molecule has 9 nitrogen and oxygen atoms in total. The number of hydrogen-bond donors (Lipinski definition) is 1. The normalized spacial score (nSPS) is 38.2. The molecule has 0 aliphatic carbocycles. The predicted octanol–water partition coefficient (Wildman–Crippen LogP) is 1.18. The highest BCUT2D eigenvalue weighted by molar-refractivity contribution is 7.15. The number of nitrogens with zero attached hydrogens (tertiary/aromatic N) is 2. The summed E-state index contributed by atoms with van der Waals surface area (Å²) in [7, 11) is 0. The van der Waals surface area contributed by atoms with Crippen LogP contribution in [-0.4, -0.2) is 58.4 Å². The first-order valence-electron chi connectivity index (χ1n) is 8.11. The van der Waals surface area contributed by atoms with E-state index in [-0.39, 0.29) is 5.91 Å². The van der Waals surface area contributed by atoms with Crippen molar-refractivity contribution in [1.82, 2.24) is 10.2 Å². The standard InChI is InChI=1S/C15H21N3O6S/c1-6-17-18-13(25-6)16-11(19)9-7-8(22-14(2,3)21-7)10-12(20-9)24-15(4,5)23-10/h7-10,12H,1-5H3,(H,16,18,19)/t7-,8-,9-,10-,12-/m1/s1. The molecule has 0 radical (unpaired) electrons. The zero-order valence-electron chi connectivity index (χ0n) is 14.6. The Morgan fingerprint density at radius 1 is 1.00 bits per heavy atom. The number of anilines is 1. The number of rotatable bonds is 2. The number of amides is 1. The maximum atomic E-state index is 12.8. The number of hydrogen-bond acceptors (Lipinski definition) is 9. The van der Waals surface area contributed by atoms with Crippen LogP contribution in [0.1, 0.15) is 32.7 Å². The molecule has 1 N–H and O–H groups in total. The Hall–Kier alpha value is -1.17. The smallest absolute Gasteiger partial charge is 0.258 e. The first-order valence-corrected chi connectivity index (χ1v) is 8.93. The lowest BCUT2D eigenvalue weighted by molar-refractivity contribution is -0.229. The van der Waals surface area contributed by atoms with Crippen LogP contribution in [0.3, 0.4) is 0 Å². The molecule has 138 valence electrons. The molecule has 1 aromatic rings. The van der Waals surface area contributed by atoms with Crippen molar-refractivity contribution in [2.75, 3.05) is 5.32 Å². The van der Waals surface area contributed by atoms with E-state index in [1.807, 2.05) is 6.92 Å². The van der Waals surface area contributed by atoms with Gasteiger partial charge < -0.3 is 23.7 Å². The van der Waals surface area contributed by atoms with Crippen molar-refractivity contribution in [2.45, 2.75) is 76.9 Å². The maximum absolute atomic E-state index is 12.8. The van der Waals surface area contributed by atoms with Crippen molar-refractivity contribution in [2.24, 2.45) is 0 Å². The van der Waals surface area contributed by atoms with Crippen molar-refractivity contribution >= 4 is 22.4 Å². The zero-order valence-corrected chi connectivity index (χ0v) is 15.5. The number of nitrogens with one attached hydrogen (secondary N) is 1. The van der Waals surface area contributed by atoms with Crippen molar-refractivity contribution in [3.63, 3.8) is 0 Å². The summed E-state index contributed by atoms with van der Waals surface area (Å²) in [6.07, 6.45) is -3.16.